The van der Waals surface area contributed by atoms with Crippen molar-refractivity contribution in [2.24, 2.45) is 0 Å². The van der Waals surface area contributed by atoms with Crippen molar-refractivity contribution >= 4 is 5.97 Å². The Labute approximate surface area is 92.3 Å². The Morgan fingerprint density at radius 3 is 2.75 bits per heavy atom. The molecule has 0 aliphatic carbocycles. The van der Waals surface area contributed by atoms with Crippen molar-refractivity contribution in [3.63, 3.8) is 0 Å². The molecule has 2 aromatic heterocycles. The van der Waals surface area contributed by atoms with Crippen LogP contribution < -0.4 is 5.43 Å². The van der Waals surface area contributed by atoms with E-state index in [-0.39, 0.29) is 5.76 Å². The number of carbonyl (C=O) groups is 1. The fourth-order valence-electron chi connectivity index (χ4n) is 1.46. The van der Waals surface area contributed by atoms with E-state index in [0.29, 0.717) is 17.9 Å². The van der Waals surface area contributed by atoms with E-state index in [9.17, 15) is 4.79 Å². The summed E-state index contributed by atoms with van der Waals surface area (Å²) in [6.07, 6.45) is 3.71. The zero-order valence-electron chi connectivity index (χ0n) is 8.80. The smallest absolute Gasteiger partial charge is 0.372 e. The van der Waals surface area contributed by atoms with Gasteiger partial charge in [0.25, 0.3) is 0 Å². The molecule has 16 heavy (non-hydrogen) atoms. The molecule has 0 aliphatic heterocycles. The van der Waals surface area contributed by atoms with E-state index in [4.69, 9.17) is 9.52 Å². The fraction of sp³-hybridized carbons (Fsp3) is 0.182. The summed E-state index contributed by atoms with van der Waals surface area (Å²) in [4.78, 5) is 10.7. The van der Waals surface area contributed by atoms with Crippen LogP contribution in [0.3, 0.4) is 0 Å². The minimum Gasteiger partial charge on any atom is -0.475 e. The van der Waals surface area contributed by atoms with Crippen molar-refractivity contribution in [2.75, 3.05) is 5.43 Å². The molecular formula is C11H12N2O3. The van der Waals surface area contributed by atoms with Gasteiger partial charge in [-0.25, -0.2) is 4.79 Å². The van der Waals surface area contributed by atoms with Crippen molar-refractivity contribution in [3.05, 3.63) is 47.7 Å². The molecule has 2 rings (SSSR count). The lowest BCUT2D eigenvalue weighted by molar-refractivity contribution is 0.0659. The van der Waals surface area contributed by atoms with E-state index >= 15 is 0 Å². The fourth-order valence-corrected chi connectivity index (χ4v) is 1.46. The van der Waals surface area contributed by atoms with Gasteiger partial charge >= 0.3 is 5.97 Å². The van der Waals surface area contributed by atoms with E-state index in [2.05, 4.69) is 5.43 Å². The first-order valence-electron chi connectivity index (χ1n) is 4.86. The van der Waals surface area contributed by atoms with Crippen LogP contribution in [0, 0.1) is 6.92 Å². The van der Waals surface area contributed by atoms with Gasteiger partial charge < -0.3 is 14.9 Å². The van der Waals surface area contributed by atoms with Crippen molar-refractivity contribution in [1.29, 1.82) is 0 Å². The largest absolute Gasteiger partial charge is 0.475 e. The molecule has 5 heteroatoms. The Bertz CT molecular complexity index is 485. The average molecular weight is 220 g/mol. The molecule has 0 fully saturated rings. The normalized spacial score (nSPS) is 10.3. The predicted octanol–water partition coefficient (Wildman–Crippen LogP) is 1.83. The molecule has 0 spiro atoms. The number of hydrogen-bond acceptors (Lipinski definition) is 3. The van der Waals surface area contributed by atoms with Crippen LogP contribution in [-0.4, -0.2) is 15.8 Å². The molecule has 0 aromatic carbocycles. The first-order valence-corrected chi connectivity index (χ1v) is 4.86. The molecule has 2 N–H and O–H groups in total. The number of furan rings is 1. The van der Waals surface area contributed by atoms with Crippen LogP contribution in [0.2, 0.25) is 0 Å². The molecular weight excluding hydrogens is 208 g/mol. The molecule has 84 valence electrons. The topological polar surface area (TPSA) is 67.4 Å². The van der Waals surface area contributed by atoms with Crippen molar-refractivity contribution < 1.29 is 14.3 Å². The second kappa shape index (κ2) is 4.14. The minimum atomic E-state index is -1.04. The van der Waals surface area contributed by atoms with Gasteiger partial charge in [-0.15, -0.1) is 0 Å². The number of rotatable bonds is 4. The lowest BCUT2D eigenvalue weighted by Gasteiger charge is -2.04. The number of aromatic carboxylic acids is 1. The van der Waals surface area contributed by atoms with E-state index in [0.717, 1.165) is 0 Å². The maximum absolute atomic E-state index is 10.7. The summed E-state index contributed by atoms with van der Waals surface area (Å²) >= 11 is 0. The molecule has 0 amide bonds. The van der Waals surface area contributed by atoms with Crippen molar-refractivity contribution in [2.45, 2.75) is 13.5 Å². The summed E-state index contributed by atoms with van der Waals surface area (Å²) in [6, 6.07) is 5.51. The Kier molecular flexibility index (Phi) is 2.68. The first kappa shape index (κ1) is 10.4. The lowest BCUT2D eigenvalue weighted by atomic mass is 10.2. The maximum atomic E-state index is 10.7. The second-order valence-electron chi connectivity index (χ2n) is 3.46. The summed E-state index contributed by atoms with van der Waals surface area (Å²) in [6.45, 7) is 2.16. The van der Waals surface area contributed by atoms with Crippen LogP contribution in [0.4, 0.5) is 0 Å². The summed E-state index contributed by atoms with van der Waals surface area (Å²) in [5.74, 6) is -0.433. The molecule has 0 aliphatic rings. The van der Waals surface area contributed by atoms with Gasteiger partial charge in [-0.2, -0.15) is 0 Å². The number of nitrogens with zero attached hydrogens (tertiary/aromatic N) is 1. The monoisotopic (exact) mass is 220 g/mol. The quantitative estimate of drug-likeness (QED) is 0.824. The van der Waals surface area contributed by atoms with Gasteiger partial charge in [0.1, 0.15) is 5.76 Å². The van der Waals surface area contributed by atoms with E-state index < -0.39 is 5.97 Å². The summed E-state index contributed by atoms with van der Waals surface area (Å²) < 4.78 is 6.97. The summed E-state index contributed by atoms with van der Waals surface area (Å²) in [5.41, 5.74) is 3.69. The molecule has 0 atom stereocenters. The maximum Gasteiger partial charge on any atom is 0.372 e. The van der Waals surface area contributed by atoms with E-state index in [1.165, 1.54) is 0 Å². The van der Waals surface area contributed by atoms with Crippen LogP contribution in [0.25, 0.3) is 0 Å². The highest BCUT2D eigenvalue weighted by molar-refractivity contribution is 5.86. The average Bonchev–Trinajstić information content (AvgIpc) is 2.83. The van der Waals surface area contributed by atoms with Crippen molar-refractivity contribution in [3.8, 4) is 0 Å². The van der Waals surface area contributed by atoms with Gasteiger partial charge in [0, 0.05) is 18.0 Å². The molecule has 0 radical (unpaired) electrons. The third-order valence-corrected chi connectivity index (χ3v) is 2.20. The lowest BCUT2D eigenvalue weighted by Crippen LogP contribution is -2.11. The highest BCUT2D eigenvalue weighted by atomic mass is 16.4. The highest BCUT2D eigenvalue weighted by Gasteiger charge is 2.13. The Morgan fingerprint density at radius 2 is 2.19 bits per heavy atom. The Balaban J connectivity index is 2.05. The van der Waals surface area contributed by atoms with Gasteiger partial charge in [-0.1, -0.05) is 0 Å². The SMILES string of the molecule is Cc1cc(CNn2cccc2)oc1C(=O)O. The van der Waals surface area contributed by atoms with Gasteiger partial charge in [0.05, 0.1) is 6.54 Å². The van der Waals surface area contributed by atoms with Crippen LogP contribution in [0.1, 0.15) is 21.9 Å². The molecule has 2 aromatic rings. The van der Waals surface area contributed by atoms with Gasteiger partial charge in [0.2, 0.25) is 5.76 Å². The summed E-state index contributed by atoms with van der Waals surface area (Å²) in [5, 5.41) is 8.81. The van der Waals surface area contributed by atoms with Crippen LogP contribution in [0.15, 0.2) is 35.0 Å². The number of carboxylic acid groups (broad SMARTS) is 1. The molecule has 5 nitrogen and oxygen atoms in total. The zero-order valence-corrected chi connectivity index (χ0v) is 8.80. The third-order valence-electron chi connectivity index (χ3n) is 2.20. The highest BCUT2D eigenvalue weighted by Crippen LogP contribution is 2.14. The predicted molar refractivity (Wildman–Crippen MR) is 57.9 cm³/mol. The number of nitrogens with one attached hydrogen (secondary N) is 1. The zero-order chi connectivity index (χ0) is 11.5. The number of aryl methyl sites for hydroxylation is 1. The van der Waals surface area contributed by atoms with Gasteiger partial charge in [-0.05, 0) is 25.1 Å². The third kappa shape index (κ3) is 2.08. The Morgan fingerprint density at radius 1 is 1.50 bits per heavy atom. The standard InChI is InChI=1S/C11H12N2O3/c1-8-6-9(16-10(8)11(14)15)7-12-13-4-2-3-5-13/h2-6,12H,7H2,1H3,(H,14,15). The number of hydrogen-bond donors (Lipinski definition) is 2. The summed E-state index contributed by atoms with van der Waals surface area (Å²) in [7, 11) is 0. The van der Waals surface area contributed by atoms with Gasteiger partial charge in [-0.3, -0.25) is 4.68 Å². The Hall–Kier alpha value is -2.17. The van der Waals surface area contributed by atoms with Crippen LogP contribution in [-0.2, 0) is 6.54 Å². The minimum absolute atomic E-state index is 0.00399. The van der Waals surface area contributed by atoms with Crippen molar-refractivity contribution in [1.82, 2.24) is 4.68 Å². The van der Waals surface area contributed by atoms with Crippen LogP contribution in [0.5, 0.6) is 0 Å². The molecule has 0 saturated heterocycles. The van der Waals surface area contributed by atoms with Crippen LogP contribution >= 0.6 is 0 Å². The van der Waals surface area contributed by atoms with E-state index in [1.807, 2.05) is 24.5 Å². The first-order chi connectivity index (χ1) is 7.66. The molecule has 2 heterocycles. The van der Waals surface area contributed by atoms with Gasteiger partial charge in [0.15, 0.2) is 0 Å². The molecule has 0 unspecified atom stereocenters. The molecule has 0 saturated carbocycles. The number of aromatic nitrogens is 1. The molecule has 0 bridgehead atoms. The van der Waals surface area contributed by atoms with E-state index in [1.54, 1.807) is 17.7 Å². The number of carboxylic acids is 1. The second-order valence-corrected chi connectivity index (χ2v) is 3.46.